The number of allylic oxidation sites excluding steroid dienone is 10. The second kappa shape index (κ2) is 24.8. The van der Waals surface area contributed by atoms with E-state index in [9.17, 15) is 4.79 Å². The Balaban J connectivity index is 0. The summed E-state index contributed by atoms with van der Waals surface area (Å²) in [6.45, 7) is 37.4. The van der Waals surface area contributed by atoms with Gasteiger partial charge in [-0.3, -0.25) is 4.99 Å². The minimum absolute atomic E-state index is 0.000542. The number of aliphatic imine (C=N–C) groups is 1. The third kappa shape index (κ3) is 20.1. The predicted molar refractivity (Wildman–Crippen MR) is 210 cm³/mol. The van der Waals surface area contributed by atoms with Crippen molar-refractivity contribution in [3.8, 4) is 6.07 Å². The van der Waals surface area contributed by atoms with Gasteiger partial charge in [0.2, 0.25) is 0 Å². The molecule has 48 heavy (non-hydrogen) atoms. The SMILES string of the molecule is C=C(C)CCC.CC/C=C(C#N)\C=C/CCC.C\C=C(C(/C(C)=N/C=C/CC)=C(/C)N1CCN(C(=O)OC(C)(C)C)C(C)C1)\C(C)(C)C. The number of piperazine rings is 1. The molecule has 0 bridgehead atoms. The molecular weight excluding hydrogens is 592 g/mol. The zero-order valence-electron chi connectivity index (χ0n) is 33.7. The lowest BCUT2D eigenvalue weighted by atomic mass is 9.79. The van der Waals surface area contributed by atoms with Gasteiger partial charge in [-0.25, -0.2) is 4.79 Å². The number of nitriles is 1. The van der Waals surface area contributed by atoms with Crippen LogP contribution in [-0.2, 0) is 4.74 Å². The Morgan fingerprint density at radius 2 is 1.62 bits per heavy atom. The molecule has 0 N–H and O–H groups in total. The average Bonchev–Trinajstić information content (AvgIpc) is 2.98. The second-order valence-corrected chi connectivity index (χ2v) is 14.5. The van der Waals surface area contributed by atoms with Crippen molar-refractivity contribution in [1.82, 2.24) is 9.80 Å². The molecule has 1 heterocycles. The Bertz CT molecular complexity index is 1190. The molecule has 1 aliphatic rings. The number of carbonyl (C=O) groups excluding carboxylic acids is 1. The maximum absolute atomic E-state index is 12.6. The van der Waals surface area contributed by atoms with E-state index in [1.165, 1.54) is 35.3 Å². The summed E-state index contributed by atoms with van der Waals surface area (Å²) in [6.07, 6.45) is 18.3. The highest BCUT2D eigenvalue weighted by Crippen LogP contribution is 2.35. The number of amides is 1. The van der Waals surface area contributed by atoms with E-state index in [1.54, 1.807) is 0 Å². The zero-order valence-corrected chi connectivity index (χ0v) is 33.7. The fourth-order valence-electron chi connectivity index (χ4n) is 5.13. The standard InChI is InChI=1S/C26H45N3O2.C10H15N.C6H12/c1-12-14-15-27-20(4)23(22(13-2)25(6,7)8)21(5)28-16-17-29(19(3)18-28)24(30)31-26(9,10)11;1-3-5-6-8-10(9-11)7-4-2;1-4-5-6(2)3/h13-15,19H,12,16-18H2,1-11H3;6-8H,3-5H2,1-2H3;2,4-5H2,1,3H3/b15-14+,22-13+,23-21-,27-20+;8-6-,10-7+;. The summed E-state index contributed by atoms with van der Waals surface area (Å²) in [4.78, 5) is 21.6. The first kappa shape index (κ1) is 46.8. The molecular formula is C42H72N4O2. The lowest BCUT2D eigenvalue weighted by molar-refractivity contribution is 0.00493. The van der Waals surface area contributed by atoms with Crippen LogP contribution in [0.3, 0.4) is 0 Å². The van der Waals surface area contributed by atoms with Crippen molar-refractivity contribution in [3.05, 3.63) is 71.1 Å². The summed E-state index contributed by atoms with van der Waals surface area (Å²) in [6, 6.07) is 2.21. The van der Waals surface area contributed by atoms with Gasteiger partial charge in [-0.05, 0) is 98.1 Å². The van der Waals surface area contributed by atoms with Crippen molar-refractivity contribution in [2.45, 2.75) is 154 Å². The van der Waals surface area contributed by atoms with E-state index in [0.29, 0.717) is 6.54 Å². The third-order valence-corrected chi connectivity index (χ3v) is 7.41. The molecule has 1 fully saturated rings. The molecule has 1 atom stereocenters. The highest BCUT2D eigenvalue weighted by molar-refractivity contribution is 6.03. The maximum atomic E-state index is 12.6. The Kier molecular flexibility index (Phi) is 24.1. The van der Waals surface area contributed by atoms with E-state index in [1.807, 2.05) is 57.0 Å². The van der Waals surface area contributed by atoms with Crippen LogP contribution < -0.4 is 0 Å². The van der Waals surface area contributed by atoms with Crippen LogP contribution in [0.15, 0.2) is 76.1 Å². The molecule has 0 aliphatic carbocycles. The molecule has 1 saturated heterocycles. The number of rotatable bonds is 11. The maximum Gasteiger partial charge on any atom is 0.410 e. The fourth-order valence-corrected chi connectivity index (χ4v) is 5.13. The summed E-state index contributed by atoms with van der Waals surface area (Å²) >= 11 is 0. The minimum Gasteiger partial charge on any atom is -0.444 e. The van der Waals surface area contributed by atoms with E-state index >= 15 is 0 Å². The molecule has 0 aromatic rings. The van der Waals surface area contributed by atoms with Crippen LogP contribution in [0.4, 0.5) is 4.79 Å². The predicted octanol–water partition coefficient (Wildman–Crippen LogP) is 12.1. The van der Waals surface area contributed by atoms with Gasteiger partial charge in [-0.1, -0.05) is 91.2 Å². The van der Waals surface area contributed by atoms with E-state index in [2.05, 4.69) is 106 Å². The summed E-state index contributed by atoms with van der Waals surface area (Å²) in [5, 5.41) is 8.59. The fraction of sp³-hybridized carbons (Fsp3) is 0.643. The number of carbonyl (C=O) groups is 1. The smallest absolute Gasteiger partial charge is 0.410 e. The summed E-state index contributed by atoms with van der Waals surface area (Å²) in [5.74, 6) is 0. The Morgan fingerprint density at radius 3 is 2.02 bits per heavy atom. The molecule has 1 rings (SSSR count). The van der Waals surface area contributed by atoms with Gasteiger partial charge in [-0.2, -0.15) is 5.26 Å². The highest BCUT2D eigenvalue weighted by Gasteiger charge is 2.32. The van der Waals surface area contributed by atoms with Crippen molar-refractivity contribution >= 4 is 11.8 Å². The highest BCUT2D eigenvalue weighted by atomic mass is 16.6. The van der Waals surface area contributed by atoms with Crippen LogP contribution in [0.5, 0.6) is 0 Å². The van der Waals surface area contributed by atoms with Gasteiger partial charge in [0.05, 0.1) is 6.07 Å². The zero-order chi connectivity index (χ0) is 37.5. The van der Waals surface area contributed by atoms with Gasteiger partial charge in [0.15, 0.2) is 0 Å². The van der Waals surface area contributed by atoms with Crippen molar-refractivity contribution in [2.24, 2.45) is 10.4 Å². The molecule has 1 amide bonds. The largest absolute Gasteiger partial charge is 0.444 e. The van der Waals surface area contributed by atoms with Crippen LogP contribution >= 0.6 is 0 Å². The van der Waals surface area contributed by atoms with E-state index in [-0.39, 0.29) is 17.6 Å². The molecule has 1 unspecified atom stereocenters. The van der Waals surface area contributed by atoms with Gasteiger partial charge in [0.25, 0.3) is 0 Å². The van der Waals surface area contributed by atoms with E-state index in [4.69, 9.17) is 15.0 Å². The number of nitrogens with zero attached hydrogens (tertiary/aromatic N) is 4. The molecule has 272 valence electrons. The minimum atomic E-state index is -0.482. The number of unbranched alkanes of at least 4 members (excludes halogenated alkanes) is 1. The van der Waals surface area contributed by atoms with E-state index < -0.39 is 5.60 Å². The molecule has 1 aliphatic heterocycles. The summed E-state index contributed by atoms with van der Waals surface area (Å²) in [5.41, 5.74) is 6.31. The first-order valence-corrected chi connectivity index (χ1v) is 18.1. The van der Waals surface area contributed by atoms with Gasteiger partial charge in [0, 0.05) is 54.4 Å². The third-order valence-electron chi connectivity index (χ3n) is 7.41. The van der Waals surface area contributed by atoms with Gasteiger partial charge in [0.1, 0.15) is 5.60 Å². The van der Waals surface area contributed by atoms with Crippen LogP contribution in [0.2, 0.25) is 0 Å². The monoisotopic (exact) mass is 665 g/mol. The Hall–Kier alpha value is -3.33. The topological polar surface area (TPSA) is 68.9 Å². The van der Waals surface area contributed by atoms with Crippen molar-refractivity contribution in [2.75, 3.05) is 19.6 Å². The molecule has 0 radical (unpaired) electrons. The lowest BCUT2D eigenvalue weighted by Crippen LogP contribution is -2.54. The van der Waals surface area contributed by atoms with Gasteiger partial charge >= 0.3 is 6.09 Å². The summed E-state index contributed by atoms with van der Waals surface area (Å²) in [7, 11) is 0. The molecule has 6 heteroatoms. The van der Waals surface area contributed by atoms with Crippen molar-refractivity contribution in [3.63, 3.8) is 0 Å². The number of hydrogen-bond acceptors (Lipinski definition) is 5. The first-order chi connectivity index (χ1) is 22.3. The second-order valence-electron chi connectivity index (χ2n) is 14.5. The van der Waals surface area contributed by atoms with E-state index in [0.717, 1.165) is 50.1 Å². The van der Waals surface area contributed by atoms with Crippen LogP contribution in [0.25, 0.3) is 0 Å². The van der Waals surface area contributed by atoms with Crippen molar-refractivity contribution < 1.29 is 9.53 Å². The first-order valence-electron chi connectivity index (χ1n) is 18.1. The molecule has 0 aromatic heterocycles. The lowest BCUT2D eigenvalue weighted by Gasteiger charge is -2.42. The number of hydrogen-bond donors (Lipinski definition) is 0. The van der Waals surface area contributed by atoms with Crippen LogP contribution in [-0.4, -0.2) is 52.9 Å². The van der Waals surface area contributed by atoms with Gasteiger partial charge in [-0.15, -0.1) is 6.58 Å². The van der Waals surface area contributed by atoms with Crippen LogP contribution in [0, 0.1) is 16.7 Å². The molecule has 0 aromatic carbocycles. The van der Waals surface area contributed by atoms with Crippen molar-refractivity contribution in [1.29, 1.82) is 5.26 Å². The number of ether oxygens (including phenoxy) is 1. The molecule has 6 nitrogen and oxygen atoms in total. The quantitative estimate of drug-likeness (QED) is 0.0954. The average molecular weight is 665 g/mol. The summed E-state index contributed by atoms with van der Waals surface area (Å²) < 4.78 is 5.60. The molecule has 0 saturated carbocycles. The normalized spacial score (nSPS) is 16.9. The Morgan fingerprint density at radius 1 is 1.00 bits per heavy atom. The Labute approximate surface area is 297 Å². The van der Waals surface area contributed by atoms with Crippen LogP contribution in [0.1, 0.15) is 142 Å². The molecule has 0 spiro atoms. The van der Waals surface area contributed by atoms with Gasteiger partial charge < -0.3 is 14.5 Å².